The fraction of sp³-hybridized carbons (Fsp3) is 0.192. The van der Waals surface area contributed by atoms with Gasteiger partial charge in [0, 0.05) is 16.5 Å². The molecular weight excluding hydrogens is 552 g/mol. The van der Waals surface area contributed by atoms with Crippen LogP contribution in [0.1, 0.15) is 34.1 Å². The van der Waals surface area contributed by atoms with Crippen LogP contribution in [0.4, 0.5) is 11.4 Å². The zero-order valence-corrected chi connectivity index (χ0v) is 23.0. The third-order valence-electron chi connectivity index (χ3n) is 5.56. The van der Waals surface area contributed by atoms with Gasteiger partial charge in [-0.25, -0.2) is 13.2 Å². The number of halogens is 1. The number of methoxy groups -OCH3 is 1. The van der Waals surface area contributed by atoms with E-state index in [0.29, 0.717) is 0 Å². The third-order valence-corrected chi connectivity index (χ3v) is 8.85. The normalized spacial score (nSPS) is 11.9. The van der Waals surface area contributed by atoms with Crippen LogP contribution in [0.3, 0.4) is 0 Å². The first kappa shape index (κ1) is 29.0. The second-order valence-electron chi connectivity index (χ2n) is 7.98. The van der Waals surface area contributed by atoms with Gasteiger partial charge in [-0.3, -0.25) is 9.59 Å². The first-order chi connectivity index (χ1) is 18.0. The number of carbonyl (C=O) groups excluding carboxylic acids is 3. The summed E-state index contributed by atoms with van der Waals surface area (Å²) in [6.07, 6.45) is 1.87. The topological polar surface area (TPSA) is 139 Å². The molecule has 3 rings (SSSR count). The lowest BCUT2D eigenvalue weighted by Crippen LogP contribution is -2.34. The fourth-order valence-corrected chi connectivity index (χ4v) is 5.79. The molecule has 0 saturated heterocycles. The quantitative estimate of drug-likeness (QED) is 0.184. The Balaban J connectivity index is 1.79. The van der Waals surface area contributed by atoms with Crippen molar-refractivity contribution in [3.8, 4) is 5.75 Å². The number of thioether (sulfide) groups is 1. The summed E-state index contributed by atoms with van der Waals surface area (Å²) in [5.41, 5.74) is 0.199. The molecule has 0 aliphatic carbocycles. The van der Waals surface area contributed by atoms with E-state index in [-0.39, 0.29) is 38.8 Å². The molecule has 0 aromatic heterocycles. The molecule has 2 amide bonds. The second kappa shape index (κ2) is 12.3. The summed E-state index contributed by atoms with van der Waals surface area (Å²) in [6.45, 7) is 1.57. The Hall–Kier alpha value is -3.54. The van der Waals surface area contributed by atoms with Gasteiger partial charge in [-0.05, 0) is 61.2 Å². The van der Waals surface area contributed by atoms with E-state index in [2.05, 4.69) is 15.4 Å². The minimum absolute atomic E-state index is 0.000819. The lowest BCUT2D eigenvalue weighted by molar-refractivity contribution is -0.115. The average Bonchev–Trinajstić information content (AvgIpc) is 2.91. The van der Waals surface area contributed by atoms with Crippen LogP contribution in [0.25, 0.3) is 0 Å². The maximum Gasteiger partial charge on any atom is 0.337 e. The monoisotopic (exact) mass is 576 g/mol. The van der Waals surface area contributed by atoms with Gasteiger partial charge in [0.15, 0.2) is 9.84 Å². The summed E-state index contributed by atoms with van der Waals surface area (Å²) in [7, 11) is -2.78. The van der Waals surface area contributed by atoms with Crippen LogP contribution >= 0.6 is 23.4 Å². The largest absolute Gasteiger partial charge is 0.506 e. The minimum atomic E-state index is -4.00. The molecule has 0 bridgehead atoms. The molecule has 0 fully saturated rings. The molecule has 0 radical (unpaired) electrons. The molecule has 0 aliphatic rings. The van der Waals surface area contributed by atoms with Crippen LogP contribution in [0.5, 0.6) is 5.75 Å². The number of sulfone groups is 1. The number of rotatable bonds is 9. The number of hydrogen-bond acceptors (Lipinski definition) is 8. The minimum Gasteiger partial charge on any atom is -0.506 e. The molecular formula is C26H25ClN2O7S2. The van der Waals surface area contributed by atoms with Gasteiger partial charge in [-0.15, -0.1) is 11.8 Å². The average molecular weight is 577 g/mol. The summed E-state index contributed by atoms with van der Waals surface area (Å²) in [4.78, 5) is 38.3. The Morgan fingerprint density at radius 3 is 2.26 bits per heavy atom. The van der Waals surface area contributed by atoms with E-state index in [0.717, 1.165) is 11.0 Å². The molecule has 3 aromatic rings. The SMILES string of the molecule is CCC(C(=O)Nc1cc(O)c(NC(=O)c2cccc(C(=O)OC)c2)cc1Cl)S(=O)(=O)c1ccc(SC)cc1. The van der Waals surface area contributed by atoms with E-state index in [1.165, 1.54) is 61.3 Å². The molecule has 200 valence electrons. The van der Waals surface area contributed by atoms with Crippen LogP contribution in [0.2, 0.25) is 5.02 Å². The van der Waals surface area contributed by atoms with Crippen LogP contribution < -0.4 is 10.6 Å². The maximum atomic E-state index is 13.1. The van der Waals surface area contributed by atoms with Crippen LogP contribution in [-0.2, 0) is 19.4 Å². The Bertz CT molecular complexity index is 1480. The summed E-state index contributed by atoms with van der Waals surface area (Å²) in [5.74, 6) is -2.50. The third kappa shape index (κ3) is 6.47. The second-order valence-corrected chi connectivity index (χ2v) is 11.4. The number of hydrogen-bond donors (Lipinski definition) is 3. The fourth-order valence-electron chi connectivity index (χ4n) is 3.55. The smallest absolute Gasteiger partial charge is 0.337 e. The van der Waals surface area contributed by atoms with Crippen molar-refractivity contribution in [1.82, 2.24) is 0 Å². The van der Waals surface area contributed by atoms with Crippen molar-refractivity contribution in [1.29, 1.82) is 0 Å². The van der Waals surface area contributed by atoms with Crippen LogP contribution in [-0.4, -0.2) is 49.9 Å². The van der Waals surface area contributed by atoms with Crippen molar-refractivity contribution in [2.75, 3.05) is 24.0 Å². The number of amides is 2. The zero-order valence-electron chi connectivity index (χ0n) is 20.6. The van der Waals surface area contributed by atoms with E-state index in [9.17, 15) is 27.9 Å². The number of phenolic OH excluding ortho intramolecular Hbond substituents is 1. The molecule has 3 aromatic carbocycles. The summed E-state index contributed by atoms with van der Waals surface area (Å²) in [6, 6.07) is 14.3. The van der Waals surface area contributed by atoms with Gasteiger partial charge in [-0.1, -0.05) is 24.6 Å². The molecule has 0 aliphatic heterocycles. The van der Waals surface area contributed by atoms with Crippen molar-refractivity contribution >= 4 is 62.4 Å². The molecule has 9 nitrogen and oxygen atoms in total. The van der Waals surface area contributed by atoms with Crippen LogP contribution in [0.15, 0.2) is 70.5 Å². The van der Waals surface area contributed by atoms with Gasteiger partial charge in [0.05, 0.1) is 34.0 Å². The first-order valence-electron chi connectivity index (χ1n) is 11.2. The summed E-state index contributed by atoms with van der Waals surface area (Å²) < 4.78 is 30.9. The molecule has 1 unspecified atom stereocenters. The van der Waals surface area contributed by atoms with E-state index in [1.807, 2.05) is 6.26 Å². The zero-order chi connectivity index (χ0) is 28.0. The van der Waals surface area contributed by atoms with Gasteiger partial charge >= 0.3 is 5.97 Å². The van der Waals surface area contributed by atoms with Gasteiger partial charge < -0.3 is 20.5 Å². The van der Waals surface area contributed by atoms with Crippen molar-refractivity contribution in [2.24, 2.45) is 0 Å². The summed E-state index contributed by atoms with van der Waals surface area (Å²) in [5, 5.41) is 14.0. The van der Waals surface area contributed by atoms with Crippen molar-refractivity contribution in [3.63, 3.8) is 0 Å². The number of anilines is 2. The lowest BCUT2D eigenvalue weighted by Gasteiger charge is -2.18. The number of benzene rings is 3. The number of ether oxygens (including phenoxy) is 1. The van der Waals surface area contributed by atoms with E-state index in [1.54, 1.807) is 19.1 Å². The number of nitrogens with one attached hydrogen (secondary N) is 2. The van der Waals surface area contributed by atoms with E-state index in [4.69, 9.17) is 11.6 Å². The Morgan fingerprint density at radius 1 is 1.00 bits per heavy atom. The maximum absolute atomic E-state index is 13.1. The number of carbonyl (C=O) groups is 3. The highest BCUT2D eigenvalue weighted by Crippen LogP contribution is 2.35. The standard InChI is InChI=1S/C26H25ClN2O7S2/c1-4-23(38(34,35)18-10-8-17(37-3)9-11-18)25(32)28-20-14-22(30)21(13-19(20)27)29-24(31)15-6-5-7-16(12-15)26(33)36-2/h5-14,23,30H,4H2,1-3H3,(H,28,32)(H,29,31). The number of aromatic hydroxyl groups is 1. The summed E-state index contributed by atoms with van der Waals surface area (Å²) >= 11 is 7.74. The van der Waals surface area contributed by atoms with E-state index >= 15 is 0 Å². The highest BCUT2D eigenvalue weighted by Gasteiger charge is 2.33. The molecule has 0 spiro atoms. The lowest BCUT2D eigenvalue weighted by atomic mass is 10.1. The first-order valence-corrected chi connectivity index (χ1v) is 14.4. The number of esters is 1. The molecule has 12 heteroatoms. The Labute approximate surface area is 229 Å². The number of phenols is 1. The highest BCUT2D eigenvalue weighted by molar-refractivity contribution is 7.98. The Morgan fingerprint density at radius 2 is 1.66 bits per heavy atom. The van der Waals surface area contributed by atoms with Crippen LogP contribution in [0, 0.1) is 0 Å². The molecule has 0 heterocycles. The van der Waals surface area contributed by atoms with Gasteiger partial charge in [-0.2, -0.15) is 0 Å². The molecule has 0 saturated carbocycles. The van der Waals surface area contributed by atoms with Crippen molar-refractivity contribution in [2.45, 2.75) is 28.4 Å². The van der Waals surface area contributed by atoms with Crippen molar-refractivity contribution < 1.29 is 32.6 Å². The molecule has 1 atom stereocenters. The van der Waals surface area contributed by atoms with Crippen molar-refractivity contribution in [3.05, 3.63) is 76.8 Å². The van der Waals surface area contributed by atoms with Gasteiger partial charge in [0.25, 0.3) is 5.91 Å². The highest BCUT2D eigenvalue weighted by atomic mass is 35.5. The molecule has 38 heavy (non-hydrogen) atoms. The van der Waals surface area contributed by atoms with E-state index < -0.39 is 38.6 Å². The van der Waals surface area contributed by atoms with Gasteiger partial charge in [0.1, 0.15) is 11.0 Å². The molecule has 3 N–H and O–H groups in total. The van der Waals surface area contributed by atoms with Gasteiger partial charge in [0.2, 0.25) is 5.91 Å². The predicted molar refractivity (Wildman–Crippen MR) is 147 cm³/mol. The predicted octanol–water partition coefficient (Wildman–Crippen LogP) is 5.00. The Kier molecular flexibility index (Phi) is 9.42.